The zero-order chi connectivity index (χ0) is 13.5. The predicted octanol–water partition coefficient (Wildman–Crippen LogP) is 1.41. The summed E-state index contributed by atoms with van der Waals surface area (Å²) in [5, 5.41) is 3.28. The molecule has 1 amide bonds. The molecule has 1 aliphatic heterocycles. The Morgan fingerprint density at radius 1 is 1.42 bits per heavy atom. The first-order valence-corrected chi connectivity index (χ1v) is 6.89. The third-order valence-electron chi connectivity index (χ3n) is 3.39. The van der Waals surface area contributed by atoms with Gasteiger partial charge in [-0.3, -0.25) is 4.79 Å². The fourth-order valence-electron chi connectivity index (χ4n) is 2.28. The van der Waals surface area contributed by atoms with E-state index in [0.717, 1.165) is 25.2 Å². The molecule has 0 aliphatic carbocycles. The van der Waals surface area contributed by atoms with E-state index in [1.165, 1.54) is 0 Å². The van der Waals surface area contributed by atoms with Gasteiger partial charge in [-0.05, 0) is 12.5 Å². The SMILES string of the molecule is C[C@@H]1CNCCN1C(=O)CCOCc1ccccc1. The van der Waals surface area contributed by atoms with Gasteiger partial charge >= 0.3 is 0 Å². The Hall–Kier alpha value is -1.39. The summed E-state index contributed by atoms with van der Waals surface area (Å²) >= 11 is 0. The van der Waals surface area contributed by atoms with Crippen molar-refractivity contribution in [2.45, 2.75) is 26.0 Å². The molecule has 1 fully saturated rings. The van der Waals surface area contributed by atoms with Crippen molar-refractivity contribution >= 4 is 5.91 Å². The minimum absolute atomic E-state index is 0.196. The summed E-state index contributed by atoms with van der Waals surface area (Å²) in [6, 6.07) is 10.3. The Bertz CT molecular complexity index is 394. The van der Waals surface area contributed by atoms with Crippen molar-refractivity contribution in [1.29, 1.82) is 0 Å². The average Bonchev–Trinajstić information content (AvgIpc) is 2.45. The molecule has 1 saturated heterocycles. The summed E-state index contributed by atoms with van der Waals surface area (Å²) in [4.78, 5) is 14.0. The van der Waals surface area contributed by atoms with Crippen LogP contribution in [0.15, 0.2) is 30.3 Å². The third-order valence-corrected chi connectivity index (χ3v) is 3.39. The second-order valence-corrected chi connectivity index (χ2v) is 4.93. The molecule has 4 nitrogen and oxygen atoms in total. The molecule has 1 aromatic carbocycles. The molecule has 1 aliphatic rings. The van der Waals surface area contributed by atoms with Gasteiger partial charge in [0.15, 0.2) is 0 Å². The number of nitrogens with zero attached hydrogens (tertiary/aromatic N) is 1. The Morgan fingerprint density at radius 3 is 2.95 bits per heavy atom. The normalized spacial score (nSPS) is 19.4. The van der Waals surface area contributed by atoms with E-state index in [1.54, 1.807) is 0 Å². The fourth-order valence-corrected chi connectivity index (χ4v) is 2.28. The first-order valence-electron chi connectivity index (χ1n) is 6.89. The number of benzene rings is 1. The lowest BCUT2D eigenvalue weighted by atomic mass is 10.2. The van der Waals surface area contributed by atoms with Gasteiger partial charge in [0.1, 0.15) is 0 Å². The van der Waals surface area contributed by atoms with Crippen LogP contribution in [0.1, 0.15) is 18.9 Å². The summed E-state index contributed by atoms with van der Waals surface area (Å²) in [6.07, 6.45) is 0.469. The third kappa shape index (κ3) is 4.33. The van der Waals surface area contributed by atoms with E-state index < -0.39 is 0 Å². The predicted molar refractivity (Wildman–Crippen MR) is 74.8 cm³/mol. The monoisotopic (exact) mass is 262 g/mol. The maximum absolute atomic E-state index is 12.0. The van der Waals surface area contributed by atoms with E-state index in [-0.39, 0.29) is 11.9 Å². The molecule has 1 atom stereocenters. The molecule has 1 aromatic rings. The van der Waals surface area contributed by atoms with Crippen LogP contribution < -0.4 is 5.32 Å². The maximum atomic E-state index is 12.0. The van der Waals surface area contributed by atoms with Crippen molar-refractivity contribution in [3.63, 3.8) is 0 Å². The van der Waals surface area contributed by atoms with E-state index in [0.29, 0.717) is 19.6 Å². The number of hydrogen-bond donors (Lipinski definition) is 1. The Morgan fingerprint density at radius 2 is 2.21 bits per heavy atom. The Kier molecular flexibility index (Phi) is 5.36. The van der Waals surface area contributed by atoms with Crippen LogP contribution in [0, 0.1) is 0 Å². The standard InChI is InChI=1S/C15H22N2O2/c1-13-11-16-8-9-17(13)15(18)7-10-19-12-14-5-3-2-4-6-14/h2-6,13,16H,7-12H2,1H3/t13-/m1/s1. The Labute approximate surface area is 114 Å². The van der Waals surface area contributed by atoms with Crippen molar-refractivity contribution in [3.05, 3.63) is 35.9 Å². The highest BCUT2D eigenvalue weighted by Gasteiger charge is 2.22. The van der Waals surface area contributed by atoms with Crippen molar-refractivity contribution in [1.82, 2.24) is 10.2 Å². The first-order chi connectivity index (χ1) is 9.27. The summed E-state index contributed by atoms with van der Waals surface area (Å²) in [6.45, 7) is 5.72. The van der Waals surface area contributed by atoms with Crippen LogP contribution in [0.5, 0.6) is 0 Å². The zero-order valence-corrected chi connectivity index (χ0v) is 11.5. The number of ether oxygens (including phenoxy) is 1. The number of carbonyl (C=O) groups excluding carboxylic acids is 1. The van der Waals surface area contributed by atoms with Gasteiger partial charge in [0.25, 0.3) is 0 Å². The van der Waals surface area contributed by atoms with E-state index in [4.69, 9.17) is 4.74 Å². The lowest BCUT2D eigenvalue weighted by Gasteiger charge is -2.34. The van der Waals surface area contributed by atoms with Crippen LogP contribution in [-0.2, 0) is 16.1 Å². The molecule has 1 heterocycles. The van der Waals surface area contributed by atoms with Crippen LogP contribution in [-0.4, -0.2) is 43.1 Å². The van der Waals surface area contributed by atoms with Gasteiger partial charge in [0.05, 0.1) is 19.6 Å². The zero-order valence-electron chi connectivity index (χ0n) is 11.5. The van der Waals surface area contributed by atoms with Gasteiger partial charge in [0.2, 0.25) is 5.91 Å². The van der Waals surface area contributed by atoms with Gasteiger partial charge in [-0.2, -0.15) is 0 Å². The van der Waals surface area contributed by atoms with Gasteiger partial charge in [-0.25, -0.2) is 0 Å². The number of carbonyl (C=O) groups is 1. The molecule has 0 saturated carbocycles. The number of piperazine rings is 1. The van der Waals surface area contributed by atoms with Gasteiger partial charge in [0, 0.05) is 25.7 Å². The highest BCUT2D eigenvalue weighted by atomic mass is 16.5. The van der Waals surface area contributed by atoms with E-state index in [1.807, 2.05) is 35.2 Å². The molecule has 0 aromatic heterocycles. The molecular weight excluding hydrogens is 240 g/mol. The summed E-state index contributed by atoms with van der Waals surface area (Å²) < 4.78 is 5.55. The highest BCUT2D eigenvalue weighted by molar-refractivity contribution is 5.76. The van der Waals surface area contributed by atoms with E-state index >= 15 is 0 Å². The minimum Gasteiger partial charge on any atom is -0.376 e. The smallest absolute Gasteiger partial charge is 0.225 e. The van der Waals surface area contributed by atoms with Crippen molar-refractivity contribution in [3.8, 4) is 0 Å². The Balaban J connectivity index is 1.66. The molecular formula is C15H22N2O2. The van der Waals surface area contributed by atoms with Crippen molar-refractivity contribution in [2.75, 3.05) is 26.2 Å². The summed E-state index contributed by atoms with van der Waals surface area (Å²) in [7, 11) is 0. The fraction of sp³-hybridized carbons (Fsp3) is 0.533. The number of amides is 1. The van der Waals surface area contributed by atoms with Crippen molar-refractivity contribution in [2.24, 2.45) is 0 Å². The van der Waals surface area contributed by atoms with Crippen LogP contribution in [0.2, 0.25) is 0 Å². The maximum Gasteiger partial charge on any atom is 0.225 e. The van der Waals surface area contributed by atoms with Gasteiger partial charge < -0.3 is 15.0 Å². The summed E-state index contributed by atoms with van der Waals surface area (Å²) in [5.74, 6) is 0.196. The quantitative estimate of drug-likeness (QED) is 0.816. The lowest BCUT2D eigenvalue weighted by molar-refractivity contribution is -0.135. The van der Waals surface area contributed by atoms with Crippen LogP contribution in [0.4, 0.5) is 0 Å². The summed E-state index contributed by atoms with van der Waals surface area (Å²) in [5.41, 5.74) is 1.14. The second-order valence-electron chi connectivity index (χ2n) is 4.93. The molecule has 2 rings (SSSR count). The largest absolute Gasteiger partial charge is 0.376 e. The molecule has 19 heavy (non-hydrogen) atoms. The molecule has 0 unspecified atom stereocenters. The number of hydrogen-bond acceptors (Lipinski definition) is 3. The van der Waals surface area contributed by atoms with E-state index in [2.05, 4.69) is 12.2 Å². The van der Waals surface area contributed by atoms with Crippen molar-refractivity contribution < 1.29 is 9.53 Å². The van der Waals surface area contributed by atoms with Crippen LogP contribution >= 0.6 is 0 Å². The molecule has 0 radical (unpaired) electrons. The molecule has 4 heteroatoms. The minimum atomic E-state index is 0.196. The molecule has 104 valence electrons. The average molecular weight is 262 g/mol. The molecule has 0 bridgehead atoms. The highest BCUT2D eigenvalue weighted by Crippen LogP contribution is 2.06. The van der Waals surface area contributed by atoms with Crippen LogP contribution in [0.3, 0.4) is 0 Å². The van der Waals surface area contributed by atoms with Gasteiger partial charge in [-0.15, -0.1) is 0 Å². The lowest BCUT2D eigenvalue weighted by Crippen LogP contribution is -2.52. The molecule has 0 spiro atoms. The number of nitrogens with one attached hydrogen (secondary N) is 1. The molecule has 1 N–H and O–H groups in total. The van der Waals surface area contributed by atoms with E-state index in [9.17, 15) is 4.79 Å². The van der Waals surface area contributed by atoms with Crippen LogP contribution in [0.25, 0.3) is 0 Å². The topological polar surface area (TPSA) is 41.6 Å². The first kappa shape index (κ1) is 14.0. The van der Waals surface area contributed by atoms with Gasteiger partial charge in [-0.1, -0.05) is 30.3 Å². The second kappa shape index (κ2) is 7.26. The number of rotatable bonds is 5.